The number of halogens is 1. The molecule has 2 fully saturated rings. The van der Waals surface area contributed by atoms with E-state index in [1.807, 2.05) is 0 Å². The van der Waals surface area contributed by atoms with E-state index < -0.39 is 30.9 Å². The molecule has 11 heteroatoms. The Hall–Kier alpha value is -2.34. The maximum atomic E-state index is 13.0. The highest BCUT2D eigenvalue weighted by Crippen LogP contribution is 2.26. The van der Waals surface area contributed by atoms with Crippen LogP contribution in [0.5, 0.6) is 0 Å². The van der Waals surface area contributed by atoms with Crippen LogP contribution in [-0.2, 0) is 24.6 Å². The molecule has 2 aliphatic rings. The predicted octanol–water partition coefficient (Wildman–Crippen LogP) is 1.14. The van der Waals surface area contributed by atoms with Gasteiger partial charge in [-0.25, -0.2) is 21.2 Å². The van der Waals surface area contributed by atoms with E-state index in [9.17, 15) is 26.0 Å². The average molecular weight is 469 g/mol. The van der Waals surface area contributed by atoms with Gasteiger partial charge in [0, 0.05) is 31.7 Å². The van der Waals surface area contributed by atoms with Crippen molar-refractivity contribution < 1.29 is 30.8 Å². The van der Waals surface area contributed by atoms with Crippen LogP contribution in [0, 0.1) is 5.82 Å². The molecule has 0 bridgehead atoms. The summed E-state index contributed by atoms with van der Waals surface area (Å²) in [5.74, 6) is -0.899. The van der Waals surface area contributed by atoms with Crippen molar-refractivity contribution in [3.63, 3.8) is 0 Å². The summed E-state index contributed by atoms with van der Waals surface area (Å²) >= 11 is 0. The van der Waals surface area contributed by atoms with Crippen LogP contribution in [0.25, 0.3) is 0 Å². The summed E-state index contributed by atoms with van der Waals surface area (Å²) < 4.78 is 70.1. The molecule has 2 aliphatic heterocycles. The summed E-state index contributed by atoms with van der Waals surface area (Å²) in [6.07, 6.45) is 0. The van der Waals surface area contributed by atoms with Crippen molar-refractivity contribution in [1.82, 2.24) is 9.21 Å². The van der Waals surface area contributed by atoms with Crippen molar-refractivity contribution in [2.24, 2.45) is 0 Å². The van der Waals surface area contributed by atoms with Crippen LogP contribution in [0.15, 0.2) is 58.3 Å². The average Bonchev–Trinajstić information content (AvgIpc) is 2.73. The van der Waals surface area contributed by atoms with Crippen molar-refractivity contribution >= 4 is 25.8 Å². The Morgan fingerprint density at radius 3 is 2.00 bits per heavy atom. The van der Waals surface area contributed by atoms with Gasteiger partial charge in [-0.1, -0.05) is 0 Å². The van der Waals surface area contributed by atoms with Gasteiger partial charge in [0.05, 0.1) is 23.0 Å². The predicted molar refractivity (Wildman–Crippen MR) is 109 cm³/mol. The van der Waals surface area contributed by atoms with Gasteiger partial charge in [-0.2, -0.15) is 4.31 Å². The molecule has 0 N–H and O–H groups in total. The summed E-state index contributed by atoms with van der Waals surface area (Å²) in [5, 5.41) is -0.761. The molecule has 2 aromatic rings. The number of sulfonamides is 1. The molecule has 0 unspecified atom stereocenters. The molecule has 0 atom stereocenters. The molecule has 2 aromatic carbocycles. The highest BCUT2D eigenvalue weighted by Gasteiger charge is 2.40. The van der Waals surface area contributed by atoms with Gasteiger partial charge in [-0.15, -0.1) is 0 Å². The second-order valence-corrected chi connectivity index (χ2v) is 11.5. The lowest BCUT2D eigenvalue weighted by Crippen LogP contribution is -2.56. The van der Waals surface area contributed by atoms with Crippen LogP contribution in [-0.4, -0.2) is 76.6 Å². The molecule has 4 rings (SSSR count). The zero-order valence-corrected chi connectivity index (χ0v) is 18.1. The first-order valence-electron chi connectivity index (χ1n) is 9.66. The van der Waals surface area contributed by atoms with Crippen molar-refractivity contribution in [3.05, 3.63) is 59.9 Å². The van der Waals surface area contributed by atoms with Gasteiger partial charge >= 0.3 is 0 Å². The summed E-state index contributed by atoms with van der Waals surface area (Å²) in [6.45, 7) is 1.28. The molecule has 166 valence electrons. The van der Waals surface area contributed by atoms with E-state index >= 15 is 0 Å². The minimum atomic E-state index is -3.66. The molecule has 2 saturated heterocycles. The lowest BCUT2D eigenvalue weighted by Gasteiger charge is -2.38. The third-order valence-corrected chi connectivity index (χ3v) is 9.44. The Bertz CT molecular complexity index is 1170. The lowest BCUT2D eigenvalue weighted by molar-refractivity contribution is 0.0658. The number of amides is 1. The number of hydrogen-bond acceptors (Lipinski definition) is 6. The molecule has 2 heterocycles. The number of carbonyl (C=O) groups excluding carboxylic acids is 1. The Morgan fingerprint density at radius 1 is 0.871 bits per heavy atom. The molecule has 0 radical (unpaired) electrons. The zero-order chi connectivity index (χ0) is 22.2. The highest BCUT2D eigenvalue weighted by atomic mass is 32.2. The van der Waals surface area contributed by atoms with Gasteiger partial charge in [0.1, 0.15) is 11.1 Å². The van der Waals surface area contributed by atoms with E-state index in [0.29, 0.717) is 13.2 Å². The van der Waals surface area contributed by atoms with Crippen LogP contribution < -0.4 is 0 Å². The standard InChI is InChI=1S/C20H21FN2O6S2/c21-16-3-7-17(8-4-16)30(25,26)19-13-22(14-19)20(24)15-1-5-18(6-2-15)31(27,28)23-9-11-29-12-10-23/h1-8,19H,9-14H2. The molecule has 0 spiro atoms. The summed E-state index contributed by atoms with van der Waals surface area (Å²) in [6, 6.07) is 10.2. The fourth-order valence-electron chi connectivity index (χ4n) is 3.51. The van der Waals surface area contributed by atoms with Gasteiger partial charge < -0.3 is 9.64 Å². The maximum Gasteiger partial charge on any atom is 0.253 e. The number of benzene rings is 2. The van der Waals surface area contributed by atoms with Gasteiger partial charge in [-0.3, -0.25) is 4.79 Å². The SMILES string of the molecule is O=C(c1ccc(S(=O)(=O)N2CCOCC2)cc1)N1CC(S(=O)(=O)c2ccc(F)cc2)C1. The molecule has 31 heavy (non-hydrogen) atoms. The highest BCUT2D eigenvalue weighted by molar-refractivity contribution is 7.92. The number of rotatable bonds is 5. The minimum Gasteiger partial charge on any atom is -0.379 e. The molecule has 1 amide bonds. The molecule has 0 saturated carbocycles. The third kappa shape index (κ3) is 4.22. The first kappa shape index (κ1) is 21.9. The Balaban J connectivity index is 1.41. The van der Waals surface area contributed by atoms with E-state index in [4.69, 9.17) is 4.74 Å². The number of ether oxygens (including phenoxy) is 1. The number of morpholine rings is 1. The normalized spacial score (nSPS) is 18.5. The maximum absolute atomic E-state index is 13.0. The summed E-state index contributed by atoms with van der Waals surface area (Å²) in [5.41, 5.74) is 0.276. The summed E-state index contributed by atoms with van der Waals surface area (Å²) in [4.78, 5) is 14.1. The van der Waals surface area contributed by atoms with Gasteiger partial charge in [0.25, 0.3) is 5.91 Å². The third-order valence-electron chi connectivity index (χ3n) is 5.43. The Kier molecular flexibility index (Phi) is 5.86. The summed E-state index contributed by atoms with van der Waals surface area (Å²) in [7, 11) is -7.32. The van der Waals surface area contributed by atoms with Gasteiger partial charge in [-0.05, 0) is 48.5 Å². The number of nitrogens with zero attached hydrogens (tertiary/aromatic N) is 2. The van der Waals surface area contributed by atoms with Gasteiger partial charge in [0.2, 0.25) is 10.0 Å². The Labute approximate surface area is 180 Å². The second kappa shape index (κ2) is 8.30. The zero-order valence-electron chi connectivity index (χ0n) is 16.5. The van der Waals surface area contributed by atoms with Crippen molar-refractivity contribution in [1.29, 1.82) is 0 Å². The minimum absolute atomic E-state index is 0.0173. The number of carbonyl (C=O) groups is 1. The number of sulfone groups is 1. The van der Waals surface area contributed by atoms with Crippen molar-refractivity contribution in [3.8, 4) is 0 Å². The van der Waals surface area contributed by atoms with E-state index in [-0.39, 0.29) is 47.4 Å². The first-order chi connectivity index (χ1) is 14.7. The monoisotopic (exact) mass is 468 g/mol. The van der Waals surface area contributed by atoms with E-state index in [1.54, 1.807) is 0 Å². The quantitative estimate of drug-likeness (QED) is 0.610. The molecule has 0 aliphatic carbocycles. The van der Waals surface area contributed by atoms with E-state index in [1.165, 1.54) is 45.6 Å². The lowest BCUT2D eigenvalue weighted by atomic mass is 10.1. The fraction of sp³-hybridized carbons (Fsp3) is 0.350. The number of hydrogen-bond donors (Lipinski definition) is 0. The van der Waals surface area contributed by atoms with Crippen LogP contribution in [0.2, 0.25) is 0 Å². The van der Waals surface area contributed by atoms with E-state index in [2.05, 4.69) is 0 Å². The van der Waals surface area contributed by atoms with Crippen LogP contribution >= 0.6 is 0 Å². The van der Waals surface area contributed by atoms with Crippen LogP contribution in [0.3, 0.4) is 0 Å². The second-order valence-electron chi connectivity index (χ2n) is 7.37. The molecule has 0 aromatic heterocycles. The molecular weight excluding hydrogens is 447 g/mol. The first-order valence-corrected chi connectivity index (χ1v) is 12.6. The largest absolute Gasteiger partial charge is 0.379 e. The van der Waals surface area contributed by atoms with Crippen molar-refractivity contribution in [2.75, 3.05) is 39.4 Å². The van der Waals surface area contributed by atoms with Crippen LogP contribution in [0.4, 0.5) is 4.39 Å². The number of likely N-dealkylation sites (tertiary alicyclic amines) is 1. The Morgan fingerprint density at radius 2 is 1.42 bits per heavy atom. The van der Waals surface area contributed by atoms with Crippen molar-refractivity contribution in [2.45, 2.75) is 15.0 Å². The molecule has 8 nitrogen and oxygen atoms in total. The topological polar surface area (TPSA) is 101 Å². The van der Waals surface area contributed by atoms with Crippen LogP contribution in [0.1, 0.15) is 10.4 Å². The van der Waals surface area contributed by atoms with E-state index in [0.717, 1.165) is 12.1 Å². The fourth-order valence-corrected chi connectivity index (χ4v) is 6.57. The molecular formula is C20H21FN2O6S2. The smallest absolute Gasteiger partial charge is 0.253 e. The van der Waals surface area contributed by atoms with Gasteiger partial charge in [0.15, 0.2) is 9.84 Å².